The number of rotatable bonds is 5. The molecule has 0 aliphatic rings. The highest BCUT2D eigenvalue weighted by Gasteiger charge is 2.40. The molecule has 0 fully saturated rings. The fourth-order valence-electron chi connectivity index (χ4n) is 1.68. The Morgan fingerprint density at radius 2 is 2.13 bits per heavy atom. The van der Waals surface area contributed by atoms with Crippen molar-refractivity contribution < 1.29 is 35.3 Å². The zero-order valence-electron chi connectivity index (χ0n) is 11.1. The molecule has 0 saturated heterocycles. The van der Waals surface area contributed by atoms with Crippen molar-refractivity contribution in [2.75, 3.05) is 0 Å². The number of ether oxygens (including phenoxy) is 1. The number of aryl methyl sites for hydroxylation is 1. The van der Waals surface area contributed by atoms with E-state index in [1.807, 2.05) is 0 Å². The van der Waals surface area contributed by atoms with Crippen molar-refractivity contribution in [1.82, 2.24) is 14.8 Å². The summed E-state index contributed by atoms with van der Waals surface area (Å²) < 4.78 is 85.3. The predicted molar refractivity (Wildman–Crippen MR) is 69.2 cm³/mol. The van der Waals surface area contributed by atoms with Gasteiger partial charge in [0.25, 0.3) is 5.22 Å². The van der Waals surface area contributed by atoms with Gasteiger partial charge in [-0.25, -0.2) is 13.9 Å². The second-order valence-corrected chi connectivity index (χ2v) is 6.16. The Kier molecular flexibility index (Phi) is 5.08. The normalized spacial score (nSPS) is 13.6. The molecule has 23 heavy (non-hydrogen) atoms. The van der Waals surface area contributed by atoms with E-state index in [9.17, 15) is 26.2 Å². The molecule has 128 valence electrons. The largest absolute Gasteiger partial charge is 0.435 e. The van der Waals surface area contributed by atoms with Gasteiger partial charge in [0.05, 0.1) is 17.5 Å². The number of nitrogens with zero attached hydrogens (tertiary/aromatic N) is 3. The minimum absolute atomic E-state index is 0.118. The van der Waals surface area contributed by atoms with Gasteiger partial charge >= 0.3 is 12.8 Å². The van der Waals surface area contributed by atoms with Gasteiger partial charge in [-0.1, -0.05) is 0 Å². The molecule has 2 heterocycles. The molecule has 0 radical (unpaired) electrons. The van der Waals surface area contributed by atoms with Gasteiger partial charge in [0.1, 0.15) is 10.8 Å². The van der Waals surface area contributed by atoms with Crippen molar-refractivity contribution in [3.8, 4) is 5.88 Å². The number of hydrogen-bond acceptors (Lipinski definition) is 5. The lowest BCUT2D eigenvalue weighted by Gasteiger charge is -2.08. The van der Waals surface area contributed by atoms with Gasteiger partial charge in [-0.05, 0) is 15.9 Å². The molecule has 0 aromatic carbocycles. The predicted octanol–water partition coefficient (Wildman–Crippen LogP) is 3.10. The first-order chi connectivity index (χ1) is 10.6. The molecule has 2 rings (SSSR count). The Labute approximate surface area is 136 Å². The summed E-state index contributed by atoms with van der Waals surface area (Å²) in [7, 11) is -1.16. The van der Waals surface area contributed by atoms with E-state index in [4.69, 9.17) is 4.42 Å². The fourth-order valence-corrected chi connectivity index (χ4v) is 3.04. The summed E-state index contributed by atoms with van der Waals surface area (Å²) in [5.41, 5.74) is -2.23. The van der Waals surface area contributed by atoms with E-state index in [0.717, 1.165) is 13.2 Å². The summed E-state index contributed by atoms with van der Waals surface area (Å²) in [6.45, 7) is -3.37. The molecule has 0 aliphatic heterocycles. The molecule has 1 atom stereocenters. The van der Waals surface area contributed by atoms with Crippen LogP contribution in [-0.2, 0) is 29.8 Å². The van der Waals surface area contributed by atoms with E-state index in [1.165, 1.54) is 0 Å². The SMILES string of the molecule is Cn1nc(C(F)(F)F)c(CS(=O)c2ncc(Br)o2)c1OC(F)F. The van der Waals surface area contributed by atoms with E-state index in [1.54, 1.807) is 0 Å². The van der Waals surface area contributed by atoms with Crippen LogP contribution in [0.1, 0.15) is 11.3 Å². The summed E-state index contributed by atoms with van der Waals surface area (Å²) >= 11 is 2.90. The van der Waals surface area contributed by atoms with Gasteiger partial charge in [-0.3, -0.25) is 0 Å². The van der Waals surface area contributed by atoms with E-state index in [-0.39, 0.29) is 9.89 Å². The maximum absolute atomic E-state index is 13.0. The van der Waals surface area contributed by atoms with E-state index >= 15 is 0 Å². The molecule has 2 aromatic rings. The lowest BCUT2D eigenvalue weighted by atomic mass is 10.2. The van der Waals surface area contributed by atoms with Gasteiger partial charge < -0.3 is 9.15 Å². The fraction of sp³-hybridized carbons (Fsp3) is 0.400. The van der Waals surface area contributed by atoms with Crippen LogP contribution in [0.5, 0.6) is 5.88 Å². The van der Waals surface area contributed by atoms with Crippen LogP contribution in [0.3, 0.4) is 0 Å². The van der Waals surface area contributed by atoms with Crippen LogP contribution < -0.4 is 4.74 Å². The van der Waals surface area contributed by atoms with Crippen molar-refractivity contribution in [1.29, 1.82) is 0 Å². The topological polar surface area (TPSA) is 70.2 Å². The van der Waals surface area contributed by atoms with Crippen molar-refractivity contribution in [2.45, 2.75) is 23.8 Å². The summed E-state index contributed by atoms with van der Waals surface area (Å²) in [4.78, 5) is 3.59. The third-order valence-electron chi connectivity index (χ3n) is 2.48. The quantitative estimate of drug-likeness (QED) is 0.691. The van der Waals surface area contributed by atoms with Crippen molar-refractivity contribution in [2.24, 2.45) is 7.05 Å². The highest BCUT2D eigenvalue weighted by molar-refractivity contribution is 9.10. The maximum atomic E-state index is 13.0. The third kappa shape index (κ3) is 4.07. The molecule has 1 unspecified atom stereocenters. The first-order valence-electron chi connectivity index (χ1n) is 5.67. The Morgan fingerprint density at radius 3 is 2.61 bits per heavy atom. The second-order valence-electron chi connectivity index (χ2n) is 4.05. The highest BCUT2D eigenvalue weighted by atomic mass is 79.9. The average molecular weight is 424 g/mol. The van der Waals surface area contributed by atoms with E-state index in [0.29, 0.717) is 4.68 Å². The number of alkyl halides is 5. The first-order valence-corrected chi connectivity index (χ1v) is 7.78. The van der Waals surface area contributed by atoms with Crippen LogP contribution in [0.2, 0.25) is 0 Å². The van der Waals surface area contributed by atoms with Gasteiger partial charge in [0.2, 0.25) is 5.88 Å². The molecule has 0 spiro atoms. The number of hydrogen-bond donors (Lipinski definition) is 0. The molecular weight excluding hydrogens is 417 g/mol. The number of halogens is 6. The smallest absolute Gasteiger partial charge is 0.423 e. The summed E-state index contributed by atoms with van der Waals surface area (Å²) in [5, 5.41) is 2.76. The number of aromatic nitrogens is 3. The molecule has 0 N–H and O–H groups in total. The Balaban J connectivity index is 2.43. The summed E-state index contributed by atoms with van der Waals surface area (Å²) in [6, 6.07) is 0. The van der Waals surface area contributed by atoms with Crippen molar-refractivity contribution >= 4 is 26.7 Å². The van der Waals surface area contributed by atoms with Gasteiger partial charge in [0, 0.05) is 7.05 Å². The van der Waals surface area contributed by atoms with Gasteiger partial charge in [-0.2, -0.15) is 27.1 Å². The summed E-state index contributed by atoms with van der Waals surface area (Å²) in [5.74, 6) is -1.64. The Bertz CT molecular complexity index is 730. The Hall–Kier alpha value is -1.50. The third-order valence-corrected chi connectivity index (χ3v) is 3.98. The molecule has 2 aromatic heterocycles. The Morgan fingerprint density at radius 1 is 1.48 bits per heavy atom. The average Bonchev–Trinajstić information content (AvgIpc) is 2.96. The van der Waals surface area contributed by atoms with Crippen molar-refractivity contribution in [3.63, 3.8) is 0 Å². The molecule has 13 heteroatoms. The molecule has 0 bridgehead atoms. The standard InChI is InChI=1S/C10H7BrF5N3O3S/c1-19-7(22-8(12)13)4(6(18-19)10(14,15)16)3-23(20)9-17-2-5(11)21-9/h2,8H,3H2,1H3. The van der Waals surface area contributed by atoms with E-state index in [2.05, 4.69) is 30.7 Å². The maximum Gasteiger partial charge on any atom is 0.435 e. The minimum Gasteiger partial charge on any atom is -0.423 e. The first kappa shape index (κ1) is 17.8. The van der Waals surface area contributed by atoms with Crippen LogP contribution in [-0.4, -0.2) is 25.6 Å². The molecule has 0 aliphatic carbocycles. The molecule has 0 amide bonds. The number of oxazole rings is 1. The van der Waals surface area contributed by atoms with Crippen LogP contribution in [0, 0.1) is 0 Å². The summed E-state index contributed by atoms with van der Waals surface area (Å²) in [6.07, 6.45) is -3.78. The lowest BCUT2D eigenvalue weighted by Crippen LogP contribution is -2.12. The van der Waals surface area contributed by atoms with Crippen LogP contribution in [0.15, 0.2) is 20.5 Å². The zero-order chi connectivity index (χ0) is 17.4. The van der Waals surface area contributed by atoms with Crippen LogP contribution >= 0.6 is 15.9 Å². The van der Waals surface area contributed by atoms with Gasteiger partial charge in [-0.15, -0.1) is 0 Å². The molecule has 6 nitrogen and oxygen atoms in total. The molecule has 0 saturated carbocycles. The highest BCUT2D eigenvalue weighted by Crippen LogP contribution is 2.37. The van der Waals surface area contributed by atoms with Gasteiger partial charge in [0.15, 0.2) is 10.4 Å². The molecular formula is C10H7BrF5N3O3S. The monoisotopic (exact) mass is 423 g/mol. The van der Waals surface area contributed by atoms with E-state index < -0.39 is 46.5 Å². The lowest BCUT2D eigenvalue weighted by molar-refractivity contribution is -0.142. The van der Waals surface area contributed by atoms with Crippen LogP contribution in [0.25, 0.3) is 0 Å². The van der Waals surface area contributed by atoms with Crippen LogP contribution in [0.4, 0.5) is 22.0 Å². The van der Waals surface area contributed by atoms with Crippen molar-refractivity contribution in [3.05, 3.63) is 22.1 Å². The minimum atomic E-state index is -4.93. The second kappa shape index (κ2) is 6.55. The zero-order valence-corrected chi connectivity index (χ0v) is 13.5.